The first kappa shape index (κ1) is 18.9. The smallest absolute Gasteiger partial charge is 0.335 e. The molecule has 2 aromatic carbocycles. The van der Waals surface area contributed by atoms with Crippen molar-refractivity contribution in [3.63, 3.8) is 0 Å². The van der Waals surface area contributed by atoms with Crippen molar-refractivity contribution in [3.8, 4) is 0 Å². The lowest BCUT2D eigenvalue weighted by atomic mass is 9.97. The van der Waals surface area contributed by atoms with Crippen LogP contribution in [0, 0.1) is 6.92 Å². The summed E-state index contributed by atoms with van der Waals surface area (Å²) < 4.78 is 1.99. The first-order valence-electron chi connectivity index (χ1n) is 9.50. The largest absolute Gasteiger partial charge is 0.478 e. The highest BCUT2D eigenvalue weighted by atomic mass is 16.4. The predicted octanol–water partition coefficient (Wildman–Crippen LogP) is 2.76. The number of anilines is 1. The number of hydrogen-bond donors (Lipinski definition) is 3. The Morgan fingerprint density at radius 1 is 1.17 bits per heavy atom. The van der Waals surface area contributed by atoms with Crippen LogP contribution in [0.5, 0.6) is 0 Å². The second-order valence-corrected chi connectivity index (χ2v) is 7.10. The van der Waals surface area contributed by atoms with Gasteiger partial charge in [-0.3, -0.25) is 9.48 Å². The van der Waals surface area contributed by atoms with Gasteiger partial charge in [-0.25, -0.2) is 4.79 Å². The molecule has 1 aliphatic rings. The van der Waals surface area contributed by atoms with Crippen LogP contribution in [-0.2, 0) is 17.8 Å². The molecule has 7 heteroatoms. The first-order valence-corrected chi connectivity index (χ1v) is 9.50. The van der Waals surface area contributed by atoms with Gasteiger partial charge in [0.05, 0.1) is 17.8 Å². The molecule has 7 nitrogen and oxygen atoms in total. The fraction of sp³-hybridized carbons (Fsp3) is 0.227. The number of aromatic nitrogens is 2. The first-order chi connectivity index (χ1) is 14.0. The number of nitrogens with one attached hydrogen (secondary N) is 2. The minimum absolute atomic E-state index is 0.180. The summed E-state index contributed by atoms with van der Waals surface area (Å²) in [4.78, 5) is 23.9. The number of hydrogen-bond acceptors (Lipinski definition) is 4. The summed E-state index contributed by atoms with van der Waals surface area (Å²) in [6, 6.07) is 15.8. The Labute approximate surface area is 168 Å². The average molecular weight is 390 g/mol. The second kappa shape index (κ2) is 7.89. The molecule has 148 valence electrons. The maximum Gasteiger partial charge on any atom is 0.335 e. The van der Waals surface area contributed by atoms with Crippen molar-refractivity contribution >= 4 is 17.6 Å². The summed E-state index contributed by atoms with van der Waals surface area (Å²) in [6.45, 7) is 3.28. The van der Waals surface area contributed by atoms with E-state index in [9.17, 15) is 9.59 Å². The summed E-state index contributed by atoms with van der Waals surface area (Å²) in [6.07, 6.45) is 0.806. The van der Waals surface area contributed by atoms with Crippen LogP contribution in [-0.4, -0.2) is 33.3 Å². The van der Waals surface area contributed by atoms with Crippen LogP contribution in [0.15, 0.2) is 54.6 Å². The van der Waals surface area contributed by atoms with Gasteiger partial charge >= 0.3 is 5.97 Å². The van der Waals surface area contributed by atoms with Crippen LogP contribution in [0.3, 0.4) is 0 Å². The number of carboxylic acids is 1. The quantitative estimate of drug-likeness (QED) is 0.623. The van der Waals surface area contributed by atoms with Gasteiger partial charge in [-0.1, -0.05) is 30.3 Å². The zero-order valence-electron chi connectivity index (χ0n) is 16.1. The molecule has 0 saturated carbocycles. The Morgan fingerprint density at radius 3 is 2.59 bits per heavy atom. The lowest BCUT2D eigenvalue weighted by Gasteiger charge is -2.24. The highest BCUT2D eigenvalue weighted by molar-refractivity contribution is 5.96. The highest BCUT2D eigenvalue weighted by Gasteiger charge is 2.31. The topological polar surface area (TPSA) is 96.2 Å². The number of carboxylic acid groups (broad SMARTS) is 1. The predicted molar refractivity (Wildman–Crippen MR) is 109 cm³/mol. The summed E-state index contributed by atoms with van der Waals surface area (Å²) in [5, 5.41) is 19.8. The number of aromatic carboxylic acids is 1. The molecule has 1 aromatic heterocycles. The van der Waals surface area contributed by atoms with E-state index in [2.05, 4.69) is 27.9 Å². The monoisotopic (exact) mass is 390 g/mol. The van der Waals surface area contributed by atoms with Gasteiger partial charge in [-0.2, -0.15) is 5.10 Å². The molecule has 29 heavy (non-hydrogen) atoms. The molecule has 0 radical (unpaired) electrons. The molecular weight excluding hydrogens is 368 g/mol. The summed E-state index contributed by atoms with van der Waals surface area (Å²) in [5.41, 5.74) is 4.74. The Kier molecular flexibility index (Phi) is 5.14. The number of nitrogens with zero attached hydrogens (tertiary/aromatic N) is 2. The van der Waals surface area contributed by atoms with Crippen LogP contribution < -0.4 is 10.6 Å². The van der Waals surface area contributed by atoms with Gasteiger partial charge in [0.1, 0.15) is 6.04 Å². The Balaban J connectivity index is 1.56. The van der Waals surface area contributed by atoms with Crippen molar-refractivity contribution in [1.29, 1.82) is 0 Å². The normalized spacial score (nSPS) is 15.6. The summed E-state index contributed by atoms with van der Waals surface area (Å²) in [5.74, 6) is -1.18. The van der Waals surface area contributed by atoms with Crippen molar-refractivity contribution in [2.75, 3.05) is 11.9 Å². The molecule has 2 heterocycles. The summed E-state index contributed by atoms with van der Waals surface area (Å²) >= 11 is 0. The molecule has 0 bridgehead atoms. The SMILES string of the molecule is Cc1nn(Cc2ccccc2)c2c1C(C(=O)Nc1ccc(C(=O)O)cc1)NCC2. The van der Waals surface area contributed by atoms with E-state index < -0.39 is 12.0 Å². The zero-order valence-corrected chi connectivity index (χ0v) is 16.1. The molecule has 1 unspecified atom stereocenters. The Hall–Kier alpha value is -3.45. The van der Waals surface area contributed by atoms with E-state index in [0.717, 1.165) is 28.9 Å². The van der Waals surface area contributed by atoms with Gasteiger partial charge in [0.2, 0.25) is 5.91 Å². The number of aryl methyl sites for hydroxylation is 1. The number of carbonyl (C=O) groups excluding carboxylic acids is 1. The number of rotatable bonds is 5. The fourth-order valence-electron chi connectivity index (χ4n) is 3.74. The standard InChI is InChI=1S/C22H22N4O3/c1-14-19-18(26(25-14)13-15-5-3-2-4-6-15)11-12-23-20(19)21(27)24-17-9-7-16(8-10-17)22(28)29/h2-10,20,23H,11-13H2,1H3,(H,24,27)(H,28,29). The Bertz CT molecular complexity index is 1040. The van der Waals surface area contributed by atoms with E-state index in [-0.39, 0.29) is 11.5 Å². The minimum Gasteiger partial charge on any atom is -0.478 e. The van der Waals surface area contributed by atoms with E-state index >= 15 is 0 Å². The van der Waals surface area contributed by atoms with Crippen LogP contribution >= 0.6 is 0 Å². The molecule has 1 aliphatic heterocycles. The van der Waals surface area contributed by atoms with Crippen molar-refractivity contribution < 1.29 is 14.7 Å². The Morgan fingerprint density at radius 2 is 1.90 bits per heavy atom. The van der Waals surface area contributed by atoms with Gasteiger partial charge in [0.15, 0.2) is 0 Å². The maximum absolute atomic E-state index is 12.9. The van der Waals surface area contributed by atoms with Gasteiger partial charge in [0.25, 0.3) is 0 Å². The number of benzene rings is 2. The molecule has 1 amide bonds. The third-order valence-electron chi connectivity index (χ3n) is 5.12. The molecule has 4 rings (SSSR count). The number of carbonyl (C=O) groups is 2. The lowest BCUT2D eigenvalue weighted by molar-refractivity contribution is -0.118. The number of amides is 1. The van der Waals surface area contributed by atoms with Crippen molar-refractivity contribution in [2.24, 2.45) is 0 Å². The van der Waals surface area contributed by atoms with Gasteiger partial charge in [0, 0.05) is 29.9 Å². The van der Waals surface area contributed by atoms with Gasteiger partial charge < -0.3 is 15.7 Å². The third kappa shape index (κ3) is 3.90. The van der Waals surface area contributed by atoms with E-state index in [1.165, 1.54) is 12.1 Å². The molecule has 3 N–H and O–H groups in total. The maximum atomic E-state index is 12.9. The molecule has 0 saturated heterocycles. The van der Waals surface area contributed by atoms with E-state index in [0.29, 0.717) is 18.8 Å². The van der Waals surface area contributed by atoms with Crippen LogP contribution in [0.25, 0.3) is 0 Å². The molecule has 3 aromatic rings. The highest BCUT2D eigenvalue weighted by Crippen LogP contribution is 2.28. The molecule has 0 aliphatic carbocycles. The van der Waals surface area contributed by atoms with Gasteiger partial charge in [-0.15, -0.1) is 0 Å². The van der Waals surface area contributed by atoms with Crippen molar-refractivity contribution in [3.05, 3.63) is 82.7 Å². The molecule has 0 spiro atoms. The molecule has 0 fully saturated rings. The molecular formula is C22H22N4O3. The van der Waals surface area contributed by atoms with E-state index in [1.54, 1.807) is 12.1 Å². The second-order valence-electron chi connectivity index (χ2n) is 7.10. The van der Waals surface area contributed by atoms with E-state index in [4.69, 9.17) is 5.11 Å². The zero-order chi connectivity index (χ0) is 20.4. The fourth-order valence-corrected chi connectivity index (χ4v) is 3.74. The van der Waals surface area contributed by atoms with E-state index in [1.807, 2.05) is 29.8 Å². The lowest BCUT2D eigenvalue weighted by Crippen LogP contribution is -2.38. The summed E-state index contributed by atoms with van der Waals surface area (Å²) in [7, 11) is 0. The van der Waals surface area contributed by atoms with Crippen LogP contribution in [0.4, 0.5) is 5.69 Å². The third-order valence-corrected chi connectivity index (χ3v) is 5.12. The number of fused-ring (bicyclic) bond motifs is 1. The molecule has 1 atom stereocenters. The van der Waals surface area contributed by atoms with Gasteiger partial charge in [-0.05, 0) is 36.8 Å². The van der Waals surface area contributed by atoms with Crippen LogP contribution in [0.1, 0.15) is 38.9 Å². The average Bonchev–Trinajstić information content (AvgIpc) is 3.04. The van der Waals surface area contributed by atoms with Crippen molar-refractivity contribution in [1.82, 2.24) is 15.1 Å². The van der Waals surface area contributed by atoms with Crippen molar-refractivity contribution in [2.45, 2.75) is 25.9 Å². The minimum atomic E-state index is -0.997. The van der Waals surface area contributed by atoms with Crippen LogP contribution in [0.2, 0.25) is 0 Å².